The van der Waals surface area contributed by atoms with Crippen LogP contribution in [0.25, 0.3) is 0 Å². The van der Waals surface area contributed by atoms with E-state index >= 15 is 0 Å². The van der Waals surface area contributed by atoms with Gasteiger partial charge in [-0.2, -0.15) is 0 Å². The molecule has 0 fully saturated rings. The standard InChI is InChI=1S/C10H21O5P/c1-4-10(5-2,9(11)12)6-8(3)7-16(13,14)15/h8H,4-7H2,1-3H3,(H,11,12)(H2,13,14,15). The Morgan fingerprint density at radius 3 is 2.00 bits per heavy atom. The third-order valence-electron chi connectivity index (χ3n) is 3.10. The molecule has 0 aromatic rings. The Morgan fingerprint density at radius 1 is 1.31 bits per heavy atom. The Labute approximate surface area is 96.0 Å². The summed E-state index contributed by atoms with van der Waals surface area (Å²) in [6.45, 7) is 5.27. The highest BCUT2D eigenvalue weighted by Crippen LogP contribution is 2.42. The van der Waals surface area contributed by atoms with Crippen LogP contribution < -0.4 is 0 Å². The van der Waals surface area contributed by atoms with E-state index in [4.69, 9.17) is 9.79 Å². The highest BCUT2D eigenvalue weighted by atomic mass is 31.2. The van der Waals surface area contributed by atoms with Crippen LogP contribution in [0.1, 0.15) is 40.0 Å². The Hall–Kier alpha value is -0.380. The molecule has 0 saturated heterocycles. The van der Waals surface area contributed by atoms with Gasteiger partial charge >= 0.3 is 13.6 Å². The first-order valence-corrected chi connectivity index (χ1v) is 7.24. The van der Waals surface area contributed by atoms with Gasteiger partial charge in [-0.1, -0.05) is 20.8 Å². The Morgan fingerprint density at radius 2 is 1.75 bits per heavy atom. The largest absolute Gasteiger partial charge is 0.481 e. The number of carboxylic acids is 1. The minimum Gasteiger partial charge on any atom is -0.481 e. The molecule has 96 valence electrons. The molecule has 0 aliphatic carbocycles. The van der Waals surface area contributed by atoms with Crippen molar-refractivity contribution >= 4 is 13.6 Å². The normalized spacial score (nSPS) is 14.8. The van der Waals surface area contributed by atoms with E-state index in [-0.39, 0.29) is 12.1 Å². The molecule has 0 aliphatic rings. The van der Waals surface area contributed by atoms with E-state index in [0.29, 0.717) is 19.3 Å². The van der Waals surface area contributed by atoms with Gasteiger partial charge in [0.15, 0.2) is 0 Å². The maximum atomic E-state index is 11.2. The van der Waals surface area contributed by atoms with Crippen molar-refractivity contribution in [1.29, 1.82) is 0 Å². The molecule has 0 aromatic heterocycles. The predicted octanol–water partition coefficient (Wildman–Crippen LogP) is 2.08. The van der Waals surface area contributed by atoms with Gasteiger partial charge in [0.25, 0.3) is 0 Å². The van der Waals surface area contributed by atoms with E-state index in [2.05, 4.69) is 0 Å². The molecule has 0 aromatic carbocycles. The minimum atomic E-state index is -4.05. The van der Waals surface area contributed by atoms with E-state index < -0.39 is 19.0 Å². The zero-order valence-corrected chi connectivity index (χ0v) is 10.9. The second-order valence-electron chi connectivity index (χ2n) is 4.45. The molecule has 6 heteroatoms. The topological polar surface area (TPSA) is 94.8 Å². The smallest absolute Gasteiger partial charge is 0.325 e. The summed E-state index contributed by atoms with van der Waals surface area (Å²) < 4.78 is 10.8. The number of carboxylic acid groups (broad SMARTS) is 1. The van der Waals surface area contributed by atoms with Crippen LogP contribution in [0.4, 0.5) is 0 Å². The summed E-state index contributed by atoms with van der Waals surface area (Å²) >= 11 is 0. The van der Waals surface area contributed by atoms with Crippen molar-refractivity contribution in [3.05, 3.63) is 0 Å². The maximum absolute atomic E-state index is 11.2. The molecule has 16 heavy (non-hydrogen) atoms. The fourth-order valence-electron chi connectivity index (χ4n) is 2.07. The zero-order valence-electron chi connectivity index (χ0n) is 10.0. The van der Waals surface area contributed by atoms with Crippen LogP contribution >= 0.6 is 7.60 Å². The fourth-order valence-corrected chi connectivity index (χ4v) is 3.01. The lowest BCUT2D eigenvalue weighted by atomic mass is 9.76. The molecule has 1 atom stereocenters. The summed E-state index contributed by atoms with van der Waals surface area (Å²) in [7, 11) is -4.05. The van der Waals surface area contributed by atoms with Gasteiger partial charge in [0.1, 0.15) is 0 Å². The van der Waals surface area contributed by atoms with Crippen LogP contribution in [0.15, 0.2) is 0 Å². The molecular formula is C10H21O5P. The van der Waals surface area contributed by atoms with Gasteiger partial charge in [-0.3, -0.25) is 9.36 Å². The lowest BCUT2D eigenvalue weighted by Crippen LogP contribution is -2.32. The molecule has 0 radical (unpaired) electrons. The number of rotatable bonds is 7. The number of hydrogen-bond acceptors (Lipinski definition) is 2. The molecular weight excluding hydrogens is 231 g/mol. The van der Waals surface area contributed by atoms with E-state index in [0.717, 1.165) is 0 Å². The average Bonchev–Trinajstić information content (AvgIpc) is 2.10. The van der Waals surface area contributed by atoms with E-state index in [1.165, 1.54) is 0 Å². The van der Waals surface area contributed by atoms with Crippen LogP contribution in [0.2, 0.25) is 0 Å². The van der Waals surface area contributed by atoms with Crippen molar-refractivity contribution in [2.75, 3.05) is 6.16 Å². The van der Waals surface area contributed by atoms with Gasteiger partial charge in [-0.25, -0.2) is 0 Å². The van der Waals surface area contributed by atoms with Crippen LogP contribution in [-0.4, -0.2) is 27.0 Å². The van der Waals surface area contributed by atoms with Gasteiger partial charge in [-0.05, 0) is 25.2 Å². The van der Waals surface area contributed by atoms with E-state index in [1.807, 2.05) is 0 Å². The van der Waals surface area contributed by atoms with Crippen molar-refractivity contribution in [2.24, 2.45) is 11.3 Å². The summed E-state index contributed by atoms with van der Waals surface area (Å²) in [6.07, 6.45) is 1.01. The first-order chi connectivity index (χ1) is 7.17. The van der Waals surface area contributed by atoms with Gasteiger partial charge in [-0.15, -0.1) is 0 Å². The van der Waals surface area contributed by atoms with Crippen molar-refractivity contribution in [2.45, 2.75) is 40.0 Å². The fraction of sp³-hybridized carbons (Fsp3) is 0.900. The Bertz CT molecular complexity index is 279. The highest BCUT2D eigenvalue weighted by Gasteiger charge is 2.37. The van der Waals surface area contributed by atoms with Crippen LogP contribution in [0, 0.1) is 11.3 Å². The van der Waals surface area contributed by atoms with E-state index in [1.54, 1.807) is 20.8 Å². The first-order valence-electron chi connectivity index (χ1n) is 5.45. The van der Waals surface area contributed by atoms with Crippen LogP contribution in [0.5, 0.6) is 0 Å². The second kappa shape index (κ2) is 5.80. The lowest BCUT2D eigenvalue weighted by molar-refractivity contribution is -0.150. The SMILES string of the molecule is CCC(CC)(CC(C)CP(=O)(O)O)C(=O)O. The van der Waals surface area contributed by atoms with Crippen LogP contribution in [0.3, 0.4) is 0 Å². The average molecular weight is 252 g/mol. The molecule has 0 saturated carbocycles. The summed E-state index contributed by atoms with van der Waals surface area (Å²) in [5.41, 5.74) is -0.853. The molecule has 3 N–H and O–H groups in total. The molecule has 0 spiro atoms. The number of hydrogen-bond donors (Lipinski definition) is 3. The van der Waals surface area contributed by atoms with Crippen molar-refractivity contribution in [1.82, 2.24) is 0 Å². The first kappa shape index (κ1) is 15.6. The predicted molar refractivity (Wildman–Crippen MR) is 61.3 cm³/mol. The Kier molecular flexibility index (Phi) is 5.66. The van der Waals surface area contributed by atoms with Gasteiger partial charge in [0, 0.05) is 0 Å². The third kappa shape index (κ3) is 4.64. The quantitative estimate of drug-likeness (QED) is 0.603. The van der Waals surface area contributed by atoms with Crippen molar-refractivity contribution in [3.63, 3.8) is 0 Å². The highest BCUT2D eigenvalue weighted by molar-refractivity contribution is 7.51. The van der Waals surface area contributed by atoms with Gasteiger partial charge in [0.2, 0.25) is 0 Å². The third-order valence-corrected chi connectivity index (χ3v) is 4.19. The molecule has 0 amide bonds. The zero-order chi connectivity index (χ0) is 13.0. The van der Waals surface area contributed by atoms with Crippen molar-refractivity contribution < 1.29 is 24.3 Å². The molecule has 0 aliphatic heterocycles. The van der Waals surface area contributed by atoms with Crippen molar-refractivity contribution in [3.8, 4) is 0 Å². The Balaban J connectivity index is 4.65. The summed E-state index contributed by atoms with van der Waals surface area (Å²) in [4.78, 5) is 28.9. The lowest BCUT2D eigenvalue weighted by Gasteiger charge is -2.29. The van der Waals surface area contributed by atoms with E-state index in [9.17, 15) is 14.5 Å². The maximum Gasteiger partial charge on any atom is 0.325 e. The summed E-state index contributed by atoms with van der Waals surface area (Å²) in [5.74, 6) is -1.17. The molecule has 5 nitrogen and oxygen atoms in total. The van der Waals surface area contributed by atoms with Gasteiger partial charge < -0.3 is 14.9 Å². The minimum absolute atomic E-state index is 0.248. The second-order valence-corrected chi connectivity index (χ2v) is 6.14. The summed E-state index contributed by atoms with van der Waals surface area (Å²) in [6, 6.07) is 0. The summed E-state index contributed by atoms with van der Waals surface area (Å²) in [5, 5.41) is 9.18. The molecule has 0 heterocycles. The molecule has 0 bridgehead atoms. The molecule has 0 rings (SSSR count). The number of aliphatic carboxylic acids is 1. The monoisotopic (exact) mass is 252 g/mol. The van der Waals surface area contributed by atoms with Gasteiger partial charge in [0.05, 0.1) is 11.6 Å². The molecule has 1 unspecified atom stereocenters. The van der Waals surface area contributed by atoms with Crippen LogP contribution in [-0.2, 0) is 9.36 Å². The number of carbonyl (C=O) groups is 1.